The summed E-state index contributed by atoms with van der Waals surface area (Å²) in [7, 11) is 0. The van der Waals surface area contributed by atoms with Crippen LogP contribution >= 0.6 is 15.9 Å². The third-order valence-electron chi connectivity index (χ3n) is 3.95. The van der Waals surface area contributed by atoms with Crippen LogP contribution in [0, 0.1) is 5.82 Å². The molecule has 21 heavy (non-hydrogen) atoms. The zero-order valence-electron chi connectivity index (χ0n) is 12.5. The molecular formula is C16H24BrFN2O. The van der Waals surface area contributed by atoms with Crippen LogP contribution in [0.2, 0.25) is 0 Å². The molecular weight excluding hydrogens is 335 g/mol. The predicted octanol–water partition coefficient (Wildman–Crippen LogP) is 3.48. The minimum absolute atomic E-state index is 0.0875. The Balaban J connectivity index is 2.11. The Labute approximate surface area is 134 Å². The van der Waals surface area contributed by atoms with Crippen molar-refractivity contribution in [2.24, 2.45) is 5.73 Å². The zero-order chi connectivity index (χ0) is 15.2. The fraction of sp³-hybridized carbons (Fsp3) is 0.625. The minimum Gasteiger partial charge on any atom is -0.377 e. The van der Waals surface area contributed by atoms with Crippen LogP contribution in [0.3, 0.4) is 0 Å². The lowest BCUT2D eigenvalue weighted by Gasteiger charge is -2.38. The summed E-state index contributed by atoms with van der Waals surface area (Å²) in [5.74, 6) is -0.190. The Morgan fingerprint density at radius 3 is 3.05 bits per heavy atom. The quantitative estimate of drug-likeness (QED) is 0.845. The highest BCUT2D eigenvalue weighted by atomic mass is 79.9. The molecule has 2 N–H and O–H groups in total. The van der Waals surface area contributed by atoms with E-state index in [1.54, 1.807) is 6.07 Å². The largest absolute Gasteiger partial charge is 0.377 e. The maximum atomic E-state index is 14.1. The van der Waals surface area contributed by atoms with Crippen molar-refractivity contribution in [2.45, 2.75) is 38.3 Å². The second-order valence-corrected chi connectivity index (χ2v) is 6.46. The highest BCUT2D eigenvalue weighted by Gasteiger charge is 2.28. The molecule has 1 aromatic carbocycles. The SMILES string of the molecule is CCCOC1CCCN(C(CN)c2cc(Br)ccc2F)C1. The molecule has 2 unspecified atom stereocenters. The molecule has 0 aromatic heterocycles. The van der Waals surface area contributed by atoms with Crippen LogP contribution in [0.4, 0.5) is 4.39 Å². The second-order valence-electron chi connectivity index (χ2n) is 5.55. The van der Waals surface area contributed by atoms with Gasteiger partial charge in [-0.05, 0) is 44.0 Å². The van der Waals surface area contributed by atoms with Gasteiger partial charge in [0.25, 0.3) is 0 Å². The van der Waals surface area contributed by atoms with Crippen molar-refractivity contribution in [1.82, 2.24) is 4.90 Å². The summed E-state index contributed by atoms with van der Waals surface area (Å²) in [6, 6.07) is 4.96. The van der Waals surface area contributed by atoms with Gasteiger partial charge in [-0.25, -0.2) is 4.39 Å². The molecule has 0 bridgehead atoms. The summed E-state index contributed by atoms with van der Waals surface area (Å²) < 4.78 is 20.9. The second kappa shape index (κ2) is 8.22. The minimum atomic E-state index is -0.190. The third-order valence-corrected chi connectivity index (χ3v) is 4.44. The Morgan fingerprint density at radius 1 is 1.52 bits per heavy atom. The number of rotatable bonds is 6. The van der Waals surface area contributed by atoms with E-state index in [1.165, 1.54) is 6.07 Å². The molecule has 1 saturated heterocycles. The van der Waals surface area contributed by atoms with E-state index in [0.29, 0.717) is 12.1 Å². The molecule has 0 saturated carbocycles. The molecule has 0 amide bonds. The Kier molecular flexibility index (Phi) is 6.61. The van der Waals surface area contributed by atoms with Crippen LogP contribution in [-0.2, 0) is 4.74 Å². The summed E-state index contributed by atoms with van der Waals surface area (Å²) in [4.78, 5) is 2.26. The third kappa shape index (κ3) is 4.49. The maximum absolute atomic E-state index is 14.1. The summed E-state index contributed by atoms with van der Waals surface area (Å²) in [5, 5.41) is 0. The standard InChI is InChI=1S/C16H24BrFN2O/c1-2-8-21-13-4-3-7-20(11-13)16(10-19)14-9-12(17)5-6-15(14)18/h5-6,9,13,16H,2-4,7-8,10-11,19H2,1H3. The number of nitrogens with two attached hydrogens (primary N) is 1. The fourth-order valence-electron chi connectivity index (χ4n) is 2.91. The number of likely N-dealkylation sites (tertiary alicyclic amines) is 1. The fourth-order valence-corrected chi connectivity index (χ4v) is 3.29. The Morgan fingerprint density at radius 2 is 2.33 bits per heavy atom. The van der Waals surface area contributed by atoms with E-state index in [1.807, 2.05) is 6.07 Å². The van der Waals surface area contributed by atoms with Crippen molar-refractivity contribution in [1.29, 1.82) is 0 Å². The van der Waals surface area contributed by atoms with Crippen LogP contribution in [-0.4, -0.2) is 37.2 Å². The first kappa shape index (κ1) is 16.9. The first-order chi connectivity index (χ1) is 10.2. The summed E-state index contributed by atoms with van der Waals surface area (Å²) in [5.41, 5.74) is 6.61. The van der Waals surface area contributed by atoms with Gasteiger partial charge < -0.3 is 10.5 Å². The molecule has 5 heteroatoms. The average Bonchev–Trinajstić information content (AvgIpc) is 2.50. The Bertz CT molecular complexity index is 458. The summed E-state index contributed by atoms with van der Waals surface area (Å²) in [6.07, 6.45) is 3.41. The lowest BCUT2D eigenvalue weighted by atomic mass is 10.00. The molecule has 2 atom stereocenters. The van der Waals surface area contributed by atoms with Gasteiger partial charge in [-0.1, -0.05) is 22.9 Å². The van der Waals surface area contributed by atoms with Crippen LogP contribution in [0.5, 0.6) is 0 Å². The summed E-state index contributed by atoms with van der Waals surface area (Å²) >= 11 is 3.41. The van der Waals surface area contributed by atoms with Gasteiger partial charge in [0.15, 0.2) is 0 Å². The number of benzene rings is 1. The molecule has 118 valence electrons. The first-order valence-electron chi connectivity index (χ1n) is 7.66. The van der Waals surface area contributed by atoms with Crippen molar-refractivity contribution in [3.05, 3.63) is 34.1 Å². The van der Waals surface area contributed by atoms with Gasteiger partial charge in [0.2, 0.25) is 0 Å². The van der Waals surface area contributed by atoms with Gasteiger partial charge in [0.05, 0.1) is 12.1 Å². The predicted molar refractivity (Wildman–Crippen MR) is 86.7 cm³/mol. The van der Waals surface area contributed by atoms with E-state index in [0.717, 1.165) is 43.4 Å². The van der Waals surface area contributed by atoms with Gasteiger partial charge in [-0.3, -0.25) is 4.90 Å². The van der Waals surface area contributed by atoms with Gasteiger partial charge in [0.1, 0.15) is 5.82 Å². The number of piperidine rings is 1. The van der Waals surface area contributed by atoms with E-state index in [9.17, 15) is 4.39 Å². The van der Waals surface area contributed by atoms with E-state index in [2.05, 4.69) is 27.8 Å². The molecule has 2 rings (SSSR count). The molecule has 1 aliphatic rings. The molecule has 1 aliphatic heterocycles. The molecule has 0 aliphatic carbocycles. The zero-order valence-corrected chi connectivity index (χ0v) is 14.1. The number of nitrogens with zero attached hydrogens (tertiary/aromatic N) is 1. The highest BCUT2D eigenvalue weighted by Crippen LogP contribution is 2.28. The topological polar surface area (TPSA) is 38.5 Å². The van der Waals surface area contributed by atoms with Crippen LogP contribution < -0.4 is 5.73 Å². The van der Waals surface area contributed by atoms with Crippen LogP contribution in [0.15, 0.2) is 22.7 Å². The van der Waals surface area contributed by atoms with Crippen molar-refractivity contribution >= 4 is 15.9 Å². The van der Waals surface area contributed by atoms with Crippen molar-refractivity contribution < 1.29 is 9.13 Å². The van der Waals surface area contributed by atoms with E-state index in [-0.39, 0.29) is 18.0 Å². The molecule has 1 aromatic rings. The molecule has 1 fully saturated rings. The molecule has 3 nitrogen and oxygen atoms in total. The lowest BCUT2D eigenvalue weighted by molar-refractivity contribution is -0.0122. The highest BCUT2D eigenvalue weighted by molar-refractivity contribution is 9.10. The number of halogens is 2. The molecule has 0 spiro atoms. The van der Waals surface area contributed by atoms with E-state index >= 15 is 0 Å². The van der Waals surface area contributed by atoms with E-state index in [4.69, 9.17) is 10.5 Å². The van der Waals surface area contributed by atoms with Gasteiger partial charge >= 0.3 is 0 Å². The van der Waals surface area contributed by atoms with Gasteiger partial charge in [0, 0.05) is 29.7 Å². The van der Waals surface area contributed by atoms with E-state index < -0.39 is 0 Å². The number of hydrogen-bond donors (Lipinski definition) is 1. The average molecular weight is 359 g/mol. The smallest absolute Gasteiger partial charge is 0.128 e. The van der Waals surface area contributed by atoms with Crippen LogP contribution in [0.25, 0.3) is 0 Å². The lowest BCUT2D eigenvalue weighted by Crippen LogP contribution is -2.44. The molecule has 1 heterocycles. The van der Waals surface area contributed by atoms with Gasteiger partial charge in [-0.15, -0.1) is 0 Å². The number of ether oxygens (including phenoxy) is 1. The normalized spacial score (nSPS) is 21.4. The number of hydrogen-bond acceptors (Lipinski definition) is 3. The first-order valence-corrected chi connectivity index (χ1v) is 8.45. The summed E-state index contributed by atoms with van der Waals surface area (Å²) in [6.45, 7) is 5.08. The van der Waals surface area contributed by atoms with Crippen molar-refractivity contribution in [3.63, 3.8) is 0 Å². The van der Waals surface area contributed by atoms with Crippen molar-refractivity contribution in [3.8, 4) is 0 Å². The molecule has 0 radical (unpaired) electrons. The monoisotopic (exact) mass is 358 g/mol. The maximum Gasteiger partial charge on any atom is 0.128 e. The Hall–Kier alpha value is -0.490. The van der Waals surface area contributed by atoms with Crippen molar-refractivity contribution in [2.75, 3.05) is 26.2 Å². The van der Waals surface area contributed by atoms with Gasteiger partial charge in [-0.2, -0.15) is 0 Å². The van der Waals surface area contributed by atoms with Crippen LogP contribution in [0.1, 0.15) is 37.8 Å².